The van der Waals surface area contributed by atoms with Crippen LogP contribution < -0.4 is 0 Å². The number of terminal acetylenes is 1. The highest BCUT2D eigenvalue weighted by molar-refractivity contribution is 8.11. The van der Waals surface area contributed by atoms with Crippen LogP contribution in [-0.4, -0.2) is 15.3 Å². The fourth-order valence-electron chi connectivity index (χ4n) is 1.65. The molecule has 0 bridgehead atoms. The van der Waals surface area contributed by atoms with E-state index in [-0.39, 0.29) is 5.92 Å². The Morgan fingerprint density at radius 2 is 2.00 bits per heavy atom. The minimum atomic E-state index is -0.770. The monoisotopic (exact) mass is 322 g/mol. The Bertz CT molecular complexity index is 477. The molecule has 0 radical (unpaired) electrons. The Morgan fingerprint density at radius 3 is 2.33 bits per heavy atom. The molecule has 0 saturated heterocycles. The SMILES string of the molecule is C#CCC(CC(C)CC)C(=O)O.S=C(S)c1ccccc1. The molecule has 2 unspecified atom stereocenters. The summed E-state index contributed by atoms with van der Waals surface area (Å²) in [6.45, 7) is 4.10. The molecule has 1 aromatic rings. The summed E-state index contributed by atoms with van der Waals surface area (Å²) in [6.07, 6.45) is 7.12. The molecule has 0 fully saturated rings. The van der Waals surface area contributed by atoms with Crippen molar-refractivity contribution in [3.05, 3.63) is 35.9 Å². The van der Waals surface area contributed by atoms with Gasteiger partial charge in [0.25, 0.3) is 0 Å². The molecule has 1 rings (SSSR count). The van der Waals surface area contributed by atoms with Crippen molar-refractivity contribution in [3.8, 4) is 12.3 Å². The van der Waals surface area contributed by atoms with Gasteiger partial charge in [0.2, 0.25) is 0 Å². The third kappa shape index (κ3) is 9.28. The van der Waals surface area contributed by atoms with Gasteiger partial charge in [-0.3, -0.25) is 4.79 Å². The molecule has 0 aliphatic rings. The van der Waals surface area contributed by atoms with E-state index in [0.717, 1.165) is 12.0 Å². The summed E-state index contributed by atoms with van der Waals surface area (Å²) in [5.74, 6) is 1.72. The van der Waals surface area contributed by atoms with Crippen molar-refractivity contribution in [2.24, 2.45) is 11.8 Å². The summed E-state index contributed by atoms with van der Waals surface area (Å²) in [4.78, 5) is 10.6. The number of benzene rings is 1. The first-order chi connectivity index (χ1) is 9.92. The molecule has 114 valence electrons. The van der Waals surface area contributed by atoms with E-state index in [1.54, 1.807) is 0 Å². The zero-order valence-corrected chi connectivity index (χ0v) is 14.2. The summed E-state index contributed by atoms with van der Waals surface area (Å²) in [7, 11) is 0. The molecule has 2 atom stereocenters. The third-order valence-electron chi connectivity index (χ3n) is 3.12. The van der Waals surface area contributed by atoms with Gasteiger partial charge in [-0.1, -0.05) is 62.8 Å². The van der Waals surface area contributed by atoms with Gasteiger partial charge >= 0.3 is 5.97 Å². The first-order valence-corrected chi connectivity index (χ1v) is 7.72. The van der Waals surface area contributed by atoms with E-state index in [1.165, 1.54) is 0 Å². The maximum atomic E-state index is 10.6. The number of hydrogen-bond donors (Lipinski definition) is 2. The van der Waals surface area contributed by atoms with Crippen LogP contribution >= 0.6 is 24.8 Å². The van der Waals surface area contributed by atoms with Crippen LogP contribution in [0.15, 0.2) is 30.3 Å². The molecule has 1 aromatic carbocycles. The molecule has 0 aliphatic heterocycles. The molecule has 0 saturated carbocycles. The Hall–Kier alpha value is -1.31. The van der Waals surface area contributed by atoms with Crippen molar-refractivity contribution < 1.29 is 9.90 Å². The number of hydrogen-bond acceptors (Lipinski definition) is 2. The number of aliphatic carboxylic acids is 1. The van der Waals surface area contributed by atoms with Crippen molar-refractivity contribution in [1.82, 2.24) is 0 Å². The predicted octanol–water partition coefficient (Wildman–Crippen LogP) is 4.44. The van der Waals surface area contributed by atoms with Gasteiger partial charge < -0.3 is 5.11 Å². The van der Waals surface area contributed by atoms with Crippen molar-refractivity contribution in [2.75, 3.05) is 0 Å². The van der Waals surface area contributed by atoms with Crippen LogP contribution in [0.4, 0.5) is 0 Å². The Labute approximate surface area is 138 Å². The second kappa shape index (κ2) is 11.4. The van der Waals surface area contributed by atoms with Gasteiger partial charge in [0, 0.05) is 6.42 Å². The minimum Gasteiger partial charge on any atom is -0.481 e. The van der Waals surface area contributed by atoms with Gasteiger partial charge in [-0.05, 0) is 17.9 Å². The van der Waals surface area contributed by atoms with Gasteiger partial charge in [-0.25, -0.2) is 0 Å². The van der Waals surface area contributed by atoms with Crippen LogP contribution in [0.3, 0.4) is 0 Å². The lowest BCUT2D eigenvalue weighted by molar-refractivity contribution is -0.142. The lowest BCUT2D eigenvalue weighted by Crippen LogP contribution is -2.16. The van der Waals surface area contributed by atoms with E-state index in [0.29, 0.717) is 23.0 Å². The van der Waals surface area contributed by atoms with E-state index < -0.39 is 5.97 Å². The standard InChI is InChI=1S/C10H16O2.C7H6S2/c1-4-6-9(10(11)12)7-8(3)5-2;8-7(9)6-4-2-1-3-5-6/h1,8-9H,5-7H2,2-3H3,(H,11,12);1-5H,(H,8,9). The first-order valence-electron chi connectivity index (χ1n) is 6.86. The molecular formula is C17H22O2S2. The van der Waals surface area contributed by atoms with Crippen LogP contribution in [0.25, 0.3) is 0 Å². The summed E-state index contributed by atoms with van der Waals surface area (Å²) >= 11 is 8.85. The van der Waals surface area contributed by atoms with E-state index in [1.807, 2.05) is 37.3 Å². The average molecular weight is 322 g/mol. The van der Waals surface area contributed by atoms with Crippen LogP contribution in [0.5, 0.6) is 0 Å². The molecule has 0 aromatic heterocycles. The fourth-order valence-corrected chi connectivity index (χ4v) is 1.93. The molecule has 0 heterocycles. The van der Waals surface area contributed by atoms with Gasteiger partial charge in [0.05, 0.1) is 10.1 Å². The molecule has 21 heavy (non-hydrogen) atoms. The summed E-state index contributed by atoms with van der Waals surface area (Å²) in [5.41, 5.74) is 1.01. The first kappa shape index (κ1) is 19.7. The van der Waals surface area contributed by atoms with E-state index in [4.69, 9.17) is 23.7 Å². The number of thiocarbonyl (C=S) groups is 1. The summed E-state index contributed by atoms with van der Waals surface area (Å²) < 4.78 is 0.649. The fraction of sp³-hybridized carbons (Fsp3) is 0.412. The minimum absolute atomic E-state index is 0.347. The van der Waals surface area contributed by atoms with Crippen molar-refractivity contribution in [2.45, 2.75) is 33.1 Å². The van der Waals surface area contributed by atoms with Crippen molar-refractivity contribution in [3.63, 3.8) is 0 Å². The topological polar surface area (TPSA) is 37.3 Å². The Morgan fingerprint density at radius 1 is 1.43 bits per heavy atom. The second-order valence-corrected chi connectivity index (χ2v) is 6.02. The average Bonchev–Trinajstić information content (AvgIpc) is 2.48. The molecule has 0 amide bonds. The Balaban J connectivity index is 0.000000394. The highest BCUT2D eigenvalue weighted by atomic mass is 32.1. The van der Waals surface area contributed by atoms with Crippen molar-refractivity contribution in [1.29, 1.82) is 0 Å². The summed E-state index contributed by atoms with van der Waals surface area (Å²) in [5, 5.41) is 8.75. The predicted molar refractivity (Wildman–Crippen MR) is 95.8 cm³/mol. The van der Waals surface area contributed by atoms with Crippen LogP contribution in [0.1, 0.15) is 38.7 Å². The van der Waals surface area contributed by atoms with Gasteiger partial charge in [0.1, 0.15) is 0 Å². The molecule has 2 nitrogen and oxygen atoms in total. The van der Waals surface area contributed by atoms with Gasteiger partial charge in [-0.15, -0.1) is 25.0 Å². The zero-order valence-electron chi connectivity index (χ0n) is 12.5. The lowest BCUT2D eigenvalue weighted by Gasteiger charge is -2.13. The highest BCUT2D eigenvalue weighted by Crippen LogP contribution is 2.17. The lowest BCUT2D eigenvalue weighted by atomic mass is 9.92. The van der Waals surface area contributed by atoms with Gasteiger partial charge in [-0.2, -0.15) is 0 Å². The van der Waals surface area contributed by atoms with Gasteiger partial charge in [0.15, 0.2) is 0 Å². The molecule has 1 N–H and O–H groups in total. The second-order valence-electron chi connectivity index (χ2n) is 4.86. The Kier molecular flexibility index (Phi) is 10.7. The quantitative estimate of drug-likeness (QED) is 0.462. The number of rotatable bonds is 6. The molecule has 0 spiro atoms. The smallest absolute Gasteiger partial charge is 0.307 e. The number of thiol groups is 1. The highest BCUT2D eigenvalue weighted by Gasteiger charge is 2.18. The maximum absolute atomic E-state index is 10.6. The number of carbonyl (C=O) groups is 1. The normalized spacial score (nSPS) is 12.3. The van der Waals surface area contributed by atoms with E-state index in [2.05, 4.69) is 25.5 Å². The van der Waals surface area contributed by atoms with Crippen LogP contribution in [-0.2, 0) is 4.79 Å². The van der Waals surface area contributed by atoms with E-state index >= 15 is 0 Å². The zero-order chi connectivity index (χ0) is 16.3. The molecule has 0 aliphatic carbocycles. The van der Waals surface area contributed by atoms with Crippen LogP contribution in [0, 0.1) is 24.2 Å². The molecular weight excluding hydrogens is 300 g/mol. The maximum Gasteiger partial charge on any atom is 0.307 e. The van der Waals surface area contributed by atoms with E-state index in [9.17, 15) is 4.79 Å². The third-order valence-corrected chi connectivity index (χ3v) is 3.61. The number of carboxylic acids is 1. The summed E-state index contributed by atoms with van der Waals surface area (Å²) in [6, 6.07) is 9.72. The van der Waals surface area contributed by atoms with Crippen LogP contribution in [0.2, 0.25) is 0 Å². The largest absolute Gasteiger partial charge is 0.481 e. The van der Waals surface area contributed by atoms with Crippen molar-refractivity contribution >= 4 is 35.0 Å². The molecule has 4 heteroatoms. The number of carboxylic acid groups (broad SMARTS) is 1.